The normalized spacial score (nSPS) is 15.6. The monoisotopic (exact) mass is 230 g/mol. The van der Waals surface area contributed by atoms with Gasteiger partial charge in [-0.2, -0.15) is 0 Å². The first-order valence-corrected chi connectivity index (χ1v) is 5.82. The molecule has 4 heteroatoms. The number of methoxy groups -OCH3 is 1. The Morgan fingerprint density at radius 2 is 1.88 bits per heavy atom. The summed E-state index contributed by atoms with van der Waals surface area (Å²) in [6, 6.07) is 0.370. The molecular weight excluding hydrogens is 204 g/mol. The van der Waals surface area contributed by atoms with Crippen LogP contribution in [-0.2, 0) is 9.53 Å². The minimum absolute atomic E-state index is 0.359. The molecule has 0 radical (unpaired) electrons. The smallest absolute Gasteiger partial charge is 0.326 e. The van der Waals surface area contributed by atoms with Crippen molar-refractivity contribution in [3.05, 3.63) is 0 Å². The van der Waals surface area contributed by atoms with E-state index in [4.69, 9.17) is 10.5 Å². The lowest BCUT2D eigenvalue weighted by Gasteiger charge is -2.34. The molecule has 0 aliphatic rings. The van der Waals surface area contributed by atoms with Crippen LogP contribution >= 0.6 is 0 Å². The van der Waals surface area contributed by atoms with Gasteiger partial charge in [0.1, 0.15) is 5.54 Å². The van der Waals surface area contributed by atoms with Crippen molar-refractivity contribution in [2.24, 2.45) is 11.7 Å². The van der Waals surface area contributed by atoms with Crippen molar-refractivity contribution in [2.45, 2.75) is 46.2 Å². The molecule has 4 nitrogen and oxygen atoms in total. The van der Waals surface area contributed by atoms with Crippen molar-refractivity contribution >= 4 is 5.97 Å². The van der Waals surface area contributed by atoms with Crippen molar-refractivity contribution in [3.63, 3.8) is 0 Å². The third-order valence-corrected chi connectivity index (χ3v) is 2.51. The quantitative estimate of drug-likeness (QED) is 0.698. The molecule has 0 aliphatic heterocycles. The summed E-state index contributed by atoms with van der Waals surface area (Å²) in [7, 11) is 1.37. The largest absolute Gasteiger partial charge is 0.468 e. The van der Waals surface area contributed by atoms with Crippen LogP contribution in [0.1, 0.15) is 34.6 Å². The number of esters is 1. The minimum atomic E-state index is -0.937. The van der Waals surface area contributed by atoms with Crippen LogP contribution in [0.25, 0.3) is 0 Å². The zero-order valence-corrected chi connectivity index (χ0v) is 11.4. The molecule has 0 aromatic rings. The third kappa shape index (κ3) is 4.94. The maximum absolute atomic E-state index is 11.5. The first-order chi connectivity index (χ1) is 7.20. The van der Waals surface area contributed by atoms with Gasteiger partial charge in [-0.3, -0.25) is 9.69 Å². The Kier molecular flexibility index (Phi) is 5.97. The van der Waals surface area contributed by atoms with E-state index in [2.05, 4.69) is 32.6 Å². The predicted octanol–water partition coefficient (Wildman–Crippen LogP) is 1.24. The zero-order valence-electron chi connectivity index (χ0n) is 11.4. The van der Waals surface area contributed by atoms with E-state index in [1.54, 1.807) is 6.92 Å². The molecule has 0 heterocycles. The Bertz CT molecular complexity index is 225. The van der Waals surface area contributed by atoms with Gasteiger partial charge in [-0.25, -0.2) is 0 Å². The van der Waals surface area contributed by atoms with Crippen molar-refractivity contribution in [3.8, 4) is 0 Å². The SMILES string of the molecule is COC(=O)C(C)(N)CN(CC(C)C)C(C)C. The Morgan fingerprint density at radius 1 is 1.38 bits per heavy atom. The number of ether oxygens (including phenoxy) is 1. The lowest BCUT2D eigenvalue weighted by molar-refractivity contribution is -0.147. The van der Waals surface area contributed by atoms with E-state index in [9.17, 15) is 4.79 Å². The van der Waals surface area contributed by atoms with E-state index in [-0.39, 0.29) is 5.97 Å². The molecule has 0 bridgehead atoms. The fourth-order valence-corrected chi connectivity index (χ4v) is 1.65. The van der Waals surface area contributed by atoms with E-state index < -0.39 is 5.54 Å². The average molecular weight is 230 g/mol. The summed E-state index contributed by atoms with van der Waals surface area (Å²) in [5.74, 6) is 0.192. The van der Waals surface area contributed by atoms with Crippen LogP contribution in [-0.4, -0.2) is 42.6 Å². The highest BCUT2D eigenvalue weighted by Gasteiger charge is 2.32. The summed E-state index contributed by atoms with van der Waals surface area (Å²) < 4.78 is 4.71. The number of nitrogens with two attached hydrogens (primary N) is 1. The van der Waals surface area contributed by atoms with Crippen LogP contribution in [0.2, 0.25) is 0 Å². The van der Waals surface area contributed by atoms with Crippen LogP contribution in [0.3, 0.4) is 0 Å². The second-order valence-corrected chi connectivity index (χ2v) is 5.33. The summed E-state index contributed by atoms with van der Waals surface area (Å²) in [5, 5.41) is 0. The topological polar surface area (TPSA) is 55.6 Å². The number of rotatable bonds is 6. The molecule has 0 aliphatic carbocycles. The summed E-state index contributed by atoms with van der Waals surface area (Å²) >= 11 is 0. The summed E-state index contributed by atoms with van der Waals surface area (Å²) in [4.78, 5) is 13.7. The van der Waals surface area contributed by atoms with Gasteiger partial charge in [0.2, 0.25) is 0 Å². The van der Waals surface area contributed by atoms with Crippen molar-refractivity contribution in [2.75, 3.05) is 20.2 Å². The second kappa shape index (κ2) is 6.21. The summed E-state index contributed by atoms with van der Waals surface area (Å²) in [6.45, 7) is 11.7. The van der Waals surface area contributed by atoms with Crippen LogP contribution in [0.4, 0.5) is 0 Å². The maximum atomic E-state index is 11.5. The Hall–Kier alpha value is -0.610. The van der Waals surface area contributed by atoms with Gasteiger partial charge < -0.3 is 10.5 Å². The van der Waals surface area contributed by atoms with Gasteiger partial charge in [0.15, 0.2) is 0 Å². The number of carbonyl (C=O) groups excluding carboxylic acids is 1. The zero-order chi connectivity index (χ0) is 12.9. The molecule has 0 spiro atoms. The fraction of sp³-hybridized carbons (Fsp3) is 0.917. The fourth-order valence-electron chi connectivity index (χ4n) is 1.65. The molecule has 0 saturated heterocycles. The molecular formula is C12H26N2O2. The van der Waals surface area contributed by atoms with Crippen molar-refractivity contribution in [1.82, 2.24) is 4.90 Å². The highest BCUT2D eigenvalue weighted by molar-refractivity contribution is 5.80. The molecule has 1 atom stereocenters. The molecule has 0 fully saturated rings. The van der Waals surface area contributed by atoms with Crippen molar-refractivity contribution in [1.29, 1.82) is 0 Å². The van der Waals surface area contributed by atoms with Gasteiger partial charge in [0.25, 0.3) is 0 Å². The van der Waals surface area contributed by atoms with Crippen LogP contribution < -0.4 is 5.73 Å². The van der Waals surface area contributed by atoms with E-state index >= 15 is 0 Å². The number of carbonyl (C=O) groups is 1. The maximum Gasteiger partial charge on any atom is 0.326 e. The van der Waals surface area contributed by atoms with Gasteiger partial charge in [0, 0.05) is 19.1 Å². The predicted molar refractivity (Wildman–Crippen MR) is 66.2 cm³/mol. The standard InChI is InChI=1S/C12H26N2O2/c1-9(2)7-14(10(3)4)8-12(5,13)11(15)16-6/h9-10H,7-8,13H2,1-6H3. The number of nitrogens with zero attached hydrogens (tertiary/aromatic N) is 1. The Labute approximate surface area is 99.1 Å². The van der Waals surface area contributed by atoms with E-state index in [1.807, 2.05) is 0 Å². The first-order valence-electron chi connectivity index (χ1n) is 5.82. The lowest BCUT2D eigenvalue weighted by atomic mass is 10.0. The summed E-state index contributed by atoms with van der Waals surface area (Å²) in [6.07, 6.45) is 0. The van der Waals surface area contributed by atoms with Crippen molar-refractivity contribution < 1.29 is 9.53 Å². The Morgan fingerprint density at radius 3 is 2.19 bits per heavy atom. The molecule has 16 heavy (non-hydrogen) atoms. The number of hydrogen-bond donors (Lipinski definition) is 1. The minimum Gasteiger partial charge on any atom is -0.468 e. The van der Waals surface area contributed by atoms with Gasteiger partial charge in [0.05, 0.1) is 7.11 Å². The van der Waals surface area contributed by atoms with Crippen LogP contribution in [0.15, 0.2) is 0 Å². The van der Waals surface area contributed by atoms with E-state index in [0.29, 0.717) is 18.5 Å². The molecule has 0 saturated carbocycles. The molecule has 0 amide bonds. The second-order valence-electron chi connectivity index (χ2n) is 5.33. The molecule has 0 aromatic carbocycles. The highest BCUT2D eigenvalue weighted by Crippen LogP contribution is 2.11. The van der Waals surface area contributed by atoms with Crippen LogP contribution in [0.5, 0.6) is 0 Å². The summed E-state index contributed by atoms with van der Waals surface area (Å²) in [5.41, 5.74) is 5.03. The molecule has 0 rings (SSSR count). The lowest BCUT2D eigenvalue weighted by Crippen LogP contribution is -2.56. The van der Waals surface area contributed by atoms with E-state index in [0.717, 1.165) is 6.54 Å². The van der Waals surface area contributed by atoms with Gasteiger partial charge in [-0.1, -0.05) is 13.8 Å². The first kappa shape index (κ1) is 15.4. The molecule has 1 unspecified atom stereocenters. The highest BCUT2D eigenvalue weighted by atomic mass is 16.5. The molecule has 2 N–H and O–H groups in total. The van der Waals surface area contributed by atoms with E-state index in [1.165, 1.54) is 7.11 Å². The Balaban J connectivity index is 4.55. The molecule has 0 aromatic heterocycles. The third-order valence-electron chi connectivity index (χ3n) is 2.51. The van der Waals surface area contributed by atoms with Crippen LogP contribution in [0, 0.1) is 5.92 Å². The number of hydrogen-bond acceptors (Lipinski definition) is 4. The average Bonchev–Trinajstić information content (AvgIpc) is 2.14. The van der Waals surface area contributed by atoms with Gasteiger partial charge >= 0.3 is 5.97 Å². The molecule has 96 valence electrons. The van der Waals surface area contributed by atoms with Gasteiger partial charge in [-0.15, -0.1) is 0 Å². The van der Waals surface area contributed by atoms with Gasteiger partial charge in [-0.05, 0) is 26.7 Å².